The van der Waals surface area contributed by atoms with E-state index in [1.807, 2.05) is 0 Å². The lowest BCUT2D eigenvalue weighted by atomic mass is 10.2. The second kappa shape index (κ2) is 10.0. The van der Waals surface area contributed by atoms with E-state index in [2.05, 4.69) is 42.2 Å². The monoisotopic (exact) mass is 268 g/mol. The van der Waals surface area contributed by atoms with Crippen LogP contribution in [0.1, 0.15) is 25.8 Å². The average Bonchev–Trinajstić information content (AvgIpc) is 2.81. The first-order chi connectivity index (χ1) is 9.22. The largest absolute Gasteiger partial charge is 0.382 e. The van der Waals surface area contributed by atoms with Gasteiger partial charge in [-0.15, -0.1) is 0 Å². The minimum Gasteiger partial charge on any atom is -0.382 e. The van der Waals surface area contributed by atoms with Gasteiger partial charge in [-0.05, 0) is 30.5 Å². The summed E-state index contributed by atoms with van der Waals surface area (Å²) < 4.78 is 12.6. The van der Waals surface area contributed by atoms with Crippen molar-refractivity contribution in [1.29, 1.82) is 0 Å². The number of hydrogen-bond acceptors (Lipinski definition) is 3. The van der Waals surface area contributed by atoms with Gasteiger partial charge in [0, 0.05) is 39.2 Å². The summed E-state index contributed by atoms with van der Waals surface area (Å²) in [7, 11) is 1.69. The molecule has 1 heterocycles. The van der Waals surface area contributed by atoms with Gasteiger partial charge in [-0.1, -0.05) is 13.8 Å². The SMILES string of the molecule is COCCOCCCn1ccc(CNCC(C)C)c1. The number of ether oxygens (including phenoxy) is 2. The summed E-state index contributed by atoms with van der Waals surface area (Å²) in [5, 5.41) is 3.45. The molecule has 4 heteroatoms. The third-order valence-corrected chi connectivity index (χ3v) is 2.83. The minimum atomic E-state index is 0.676. The molecule has 0 unspecified atom stereocenters. The van der Waals surface area contributed by atoms with E-state index < -0.39 is 0 Å². The molecule has 1 aromatic rings. The van der Waals surface area contributed by atoms with Gasteiger partial charge in [-0.25, -0.2) is 0 Å². The molecule has 0 radical (unpaired) electrons. The number of methoxy groups -OCH3 is 1. The fourth-order valence-electron chi connectivity index (χ4n) is 1.83. The Labute approximate surface area is 117 Å². The van der Waals surface area contributed by atoms with Gasteiger partial charge in [0.1, 0.15) is 0 Å². The number of rotatable bonds is 11. The highest BCUT2D eigenvalue weighted by Crippen LogP contribution is 2.02. The van der Waals surface area contributed by atoms with Gasteiger partial charge >= 0.3 is 0 Å². The number of nitrogens with one attached hydrogen (secondary N) is 1. The van der Waals surface area contributed by atoms with E-state index >= 15 is 0 Å². The third kappa shape index (κ3) is 8.03. The van der Waals surface area contributed by atoms with Crippen molar-refractivity contribution < 1.29 is 9.47 Å². The third-order valence-electron chi connectivity index (χ3n) is 2.83. The van der Waals surface area contributed by atoms with Crippen molar-refractivity contribution in [3.05, 3.63) is 24.0 Å². The molecule has 19 heavy (non-hydrogen) atoms. The Hall–Kier alpha value is -0.840. The van der Waals surface area contributed by atoms with Crippen molar-refractivity contribution in [3.8, 4) is 0 Å². The Bertz CT molecular complexity index is 324. The van der Waals surface area contributed by atoms with Crippen molar-refractivity contribution in [2.75, 3.05) is 33.5 Å². The molecular formula is C15H28N2O2. The quantitative estimate of drug-likeness (QED) is 0.625. The summed E-state index contributed by atoms with van der Waals surface area (Å²) in [6, 6.07) is 2.18. The van der Waals surface area contributed by atoms with Gasteiger partial charge in [-0.3, -0.25) is 0 Å². The molecule has 0 aliphatic heterocycles. The highest BCUT2D eigenvalue weighted by atomic mass is 16.5. The molecule has 0 saturated carbocycles. The first kappa shape index (κ1) is 16.2. The zero-order valence-electron chi connectivity index (χ0n) is 12.5. The molecule has 0 spiro atoms. The molecule has 110 valence electrons. The molecule has 0 bridgehead atoms. The molecule has 1 rings (SSSR count). The normalized spacial score (nSPS) is 11.4. The van der Waals surface area contributed by atoms with Crippen molar-refractivity contribution in [3.63, 3.8) is 0 Å². The van der Waals surface area contributed by atoms with Gasteiger partial charge < -0.3 is 19.4 Å². The Balaban J connectivity index is 2.09. The lowest BCUT2D eigenvalue weighted by Gasteiger charge is -2.06. The van der Waals surface area contributed by atoms with Crippen LogP contribution in [-0.2, 0) is 22.6 Å². The molecule has 0 aromatic carbocycles. The van der Waals surface area contributed by atoms with Crippen LogP contribution in [0.4, 0.5) is 0 Å². The van der Waals surface area contributed by atoms with Crippen molar-refractivity contribution in [2.45, 2.75) is 33.4 Å². The van der Waals surface area contributed by atoms with Crippen molar-refractivity contribution >= 4 is 0 Å². The van der Waals surface area contributed by atoms with E-state index in [9.17, 15) is 0 Å². The van der Waals surface area contributed by atoms with E-state index in [1.165, 1.54) is 5.56 Å². The molecule has 0 aliphatic rings. The number of hydrogen-bond donors (Lipinski definition) is 1. The van der Waals surface area contributed by atoms with Crippen LogP contribution >= 0.6 is 0 Å². The summed E-state index contributed by atoms with van der Waals surface area (Å²) in [4.78, 5) is 0. The van der Waals surface area contributed by atoms with Crippen LogP contribution in [0.25, 0.3) is 0 Å². The molecule has 0 fully saturated rings. The number of nitrogens with zero attached hydrogens (tertiary/aromatic N) is 1. The molecule has 1 N–H and O–H groups in total. The zero-order chi connectivity index (χ0) is 13.9. The van der Waals surface area contributed by atoms with Gasteiger partial charge in [0.25, 0.3) is 0 Å². The van der Waals surface area contributed by atoms with Gasteiger partial charge in [-0.2, -0.15) is 0 Å². The molecule has 4 nitrogen and oxygen atoms in total. The molecule has 0 aliphatic carbocycles. The predicted molar refractivity (Wildman–Crippen MR) is 78.3 cm³/mol. The Kier molecular flexibility index (Phi) is 8.54. The van der Waals surface area contributed by atoms with Crippen LogP contribution < -0.4 is 5.32 Å². The van der Waals surface area contributed by atoms with E-state index in [0.29, 0.717) is 19.1 Å². The molecule has 0 amide bonds. The van der Waals surface area contributed by atoms with Crippen LogP contribution in [0.2, 0.25) is 0 Å². The minimum absolute atomic E-state index is 0.676. The topological polar surface area (TPSA) is 35.4 Å². The van der Waals surface area contributed by atoms with Gasteiger partial charge in [0.15, 0.2) is 0 Å². The summed E-state index contributed by atoms with van der Waals surface area (Å²) in [5.41, 5.74) is 1.35. The highest BCUT2D eigenvalue weighted by Gasteiger charge is 1.98. The summed E-state index contributed by atoms with van der Waals surface area (Å²) in [5.74, 6) is 0.700. The Morgan fingerprint density at radius 1 is 1.26 bits per heavy atom. The first-order valence-electron chi connectivity index (χ1n) is 7.14. The summed E-state index contributed by atoms with van der Waals surface area (Å²) in [6.07, 6.45) is 5.39. The lowest BCUT2D eigenvalue weighted by molar-refractivity contribution is 0.0680. The van der Waals surface area contributed by atoms with Crippen LogP contribution in [0.3, 0.4) is 0 Å². The van der Waals surface area contributed by atoms with Gasteiger partial charge in [0.2, 0.25) is 0 Å². The maximum absolute atomic E-state index is 5.44. The standard InChI is InChI=1S/C15H28N2O2/c1-14(2)11-16-12-15-5-7-17(13-15)6-4-8-19-10-9-18-3/h5,7,13-14,16H,4,6,8-12H2,1-3H3. The van der Waals surface area contributed by atoms with Gasteiger partial charge in [0.05, 0.1) is 13.2 Å². The second-order valence-corrected chi connectivity index (χ2v) is 5.24. The van der Waals surface area contributed by atoms with E-state index in [4.69, 9.17) is 9.47 Å². The van der Waals surface area contributed by atoms with Crippen LogP contribution in [-0.4, -0.2) is 38.0 Å². The lowest BCUT2D eigenvalue weighted by Crippen LogP contribution is -2.18. The van der Waals surface area contributed by atoms with Crippen LogP contribution in [0.15, 0.2) is 18.5 Å². The molecular weight excluding hydrogens is 240 g/mol. The fraction of sp³-hybridized carbons (Fsp3) is 0.733. The van der Waals surface area contributed by atoms with E-state index in [1.54, 1.807) is 7.11 Å². The summed E-state index contributed by atoms with van der Waals surface area (Å²) in [6.45, 7) is 9.64. The van der Waals surface area contributed by atoms with E-state index in [0.717, 1.165) is 32.7 Å². The average molecular weight is 268 g/mol. The number of aryl methyl sites for hydroxylation is 1. The van der Waals surface area contributed by atoms with Crippen LogP contribution in [0, 0.1) is 5.92 Å². The van der Waals surface area contributed by atoms with Crippen LogP contribution in [0.5, 0.6) is 0 Å². The molecule has 0 atom stereocenters. The maximum atomic E-state index is 5.44. The summed E-state index contributed by atoms with van der Waals surface area (Å²) >= 11 is 0. The Morgan fingerprint density at radius 2 is 2.11 bits per heavy atom. The van der Waals surface area contributed by atoms with Crippen molar-refractivity contribution in [2.24, 2.45) is 5.92 Å². The molecule has 1 aromatic heterocycles. The second-order valence-electron chi connectivity index (χ2n) is 5.24. The predicted octanol–water partition coefficient (Wildman–Crippen LogP) is 2.29. The number of aromatic nitrogens is 1. The van der Waals surface area contributed by atoms with Crippen molar-refractivity contribution in [1.82, 2.24) is 9.88 Å². The zero-order valence-corrected chi connectivity index (χ0v) is 12.5. The smallest absolute Gasteiger partial charge is 0.0700 e. The first-order valence-corrected chi connectivity index (χ1v) is 7.14. The highest BCUT2D eigenvalue weighted by molar-refractivity contribution is 5.09. The van der Waals surface area contributed by atoms with E-state index in [-0.39, 0.29) is 0 Å². The fourth-order valence-corrected chi connectivity index (χ4v) is 1.83. The molecule has 0 saturated heterocycles. The maximum Gasteiger partial charge on any atom is 0.0700 e. The Morgan fingerprint density at radius 3 is 2.84 bits per heavy atom.